The van der Waals surface area contributed by atoms with Gasteiger partial charge >= 0.3 is 6.18 Å². The lowest BCUT2D eigenvalue weighted by Gasteiger charge is -2.37. The minimum absolute atomic E-state index is 0. The normalized spacial score (nSPS) is 24.3. The average molecular weight is 407 g/mol. The van der Waals surface area contributed by atoms with E-state index in [2.05, 4.69) is 29.1 Å². The third-order valence-corrected chi connectivity index (χ3v) is 3.16. The Morgan fingerprint density at radius 3 is 2.25 bits per heavy atom. The summed E-state index contributed by atoms with van der Waals surface area (Å²) in [5.41, 5.74) is 0. The van der Waals surface area contributed by atoms with Crippen molar-refractivity contribution < 1.29 is 13.2 Å². The van der Waals surface area contributed by atoms with Crippen LogP contribution in [0.4, 0.5) is 13.2 Å². The monoisotopic (exact) mass is 407 g/mol. The van der Waals surface area contributed by atoms with Gasteiger partial charge in [-0.25, -0.2) is 0 Å². The van der Waals surface area contributed by atoms with Crippen LogP contribution in [0.5, 0.6) is 0 Å². The molecule has 1 N–H and O–H groups in total. The molecule has 2 unspecified atom stereocenters. The van der Waals surface area contributed by atoms with Gasteiger partial charge in [-0.3, -0.25) is 4.99 Å². The van der Waals surface area contributed by atoms with Crippen LogP contribution in [0.25, 0.3) is 0 Å². The number of nitrogens with zero attached hydrogens (tertiary/aromatic N) is 2. The van der Waals surface area contributed by atoms with Gasteiger partial charge in [0.15, 0.2) is 5.96 Å². The third kappa shape index (κ3) is 7.54. The maximum atomic E-state index is 12.2. The van der Waals surface area contributed by atoms with E-state index in [-0.39, 0.29) is 30.5 Å². The number of hydrogen-bond donors (Lipinski definition) is 1. The van der Waals surface area contributed by atoms with Gasteiger partial charge in [0.2, 0.25) is 0 Å². The van der Waals surface area contributed by atoms with Gasteiger partial charge in [-0.1, -0.05) is 13.8 Å². The number of likely N-dealkylation sites (tertiary alicyclic amines) is 1. The zero-order valence-electron chi connectivity index (χ0n) is 12.3. The smallest absolute Gasteiger partial charge is 0.357 e. The lowest BCUT2D eigenvalue weighted by molar-refractivity contribution is -0.132. The van der Waals surface area contributed by atoms with Gasteiger partial charge in [0, 0.05) is 19.6 Å². The van der Waals surface area contributed by atoms with Gasteiger partial charge in [0.1, 0.15) is 0 Å². The van der Waals surface area contributed by atoms with Crippen LogP contribution in [0.15, 0.2) is 4.99 Å². The van der Waals surface area contributed by atoms with Crippen LogP contribution in [0.2, 0.25) is 0 Å². The van der Waals surface area contributed by atoms with Crippen molar-refractivity contribution in [2.45, 2.75) is 39.8 Å². The van der Waals surface area contributed by atoms with Crippen molar-refractivity contribution in [1.82, 2.24) is 10.2 Å². The Kier molecular flexibility index (Phi) is 8.85. The fourth-order valence-electron chi connectivity index (χ4n) is 2.55. The molecule has 1 heterocycles. The van der Waals surface area contributed by atoms with Crippen molar-refractivity contribution >= 4 is 29.9 Å². The maximum absolute atomic E-state index is 12.2. The van der Waals surface area contributed by atoms with Gasteiger partial charge in [-0.2, -0.15) is 13.2 Å². The molecule has 3 nitrogen and oxygen atoms in total. The van der Waals surface area contributed by atoms with Crippen LogP contribution < -0.4 is 5.32 Å². The Bertz CT molecular complexity index is 298. The minimum atomic E-state index is -4.14. The fraction of sp³-hybridized carbons (Fsp3) is 0.923. The second-order valence-electron chi connectivity index (χ2n) is 5.45. The average Bonchev–Trinajstić information content (AvgIpc) is 2.25. The molecule has 1 aliphatic rings. The quantitative estimate of drug-likeness (QED) is 0.441. The van der Waals surface area contributed by atoms with Gasteiger partial charge in [0.25, 0.3) is 0 Å². The highest BCUT2D eigenvalue weighted by atomic mass is 127. The van der Waals surface area contributed by atoms with E-state index >= 15 is 0 Å². The van der Waals surface area contributed by atoms with Gasteiger partial charge in [-0.15, -0.1) is 24.0 Å². The molecule has 0 aromatic rings. The Morgan fingerprint density at radius 1 is 1.25 bits per heavy atom. The summed E-state index contributed by atoms with van der Waals surface area (Å²) in [6, 6.07) is 0. The summed E-state index contributed by atoms with van der Waals surface area (Å²) in [7, 11) is 0. The van der Waals surface area contributed by atoms with E-state index in [1.807, 2.05) is 6.92 Å². The van der Waals surface area contributed by atoms with Crippen LogP contribution in [0, 0.1) is 11.8 Å². The van der Waals surface area contributed by atoms with Gasteiger partial charge < -0.3 is 10.2 Å². The molecular weight excluding hydrogens is 382 g/mol. The first-order valence-electron chi connectivity index (χ1n) is 6.91. The van der Waals surface area contributed by atoms with Crippen molar-refractivity contribution in [2.75, 3.05) is 26.2 Å². The summed E-state index contributed by atoms with van der Waals surface area (Å²) < 4.78 is 36.5. The molecule has 0 amide bonds. The van der Waals surface area contributed by atoms with Crippen LogP contribution >= 0.6 is 24.0 Å². The number of halogens is 4. The minimum Gasteiger partial charge on any atom is -0.357 e. The Labute approximate surface area is 136 Å². The number of hydrogen-bond acceptors (Lipinski definition) is 1. The Morgan fingerprint density at radius 2 is 1.80 bits per heavy atom. The molecule has 1 fully saturated rings. The first kappa shape index (κ1) is 19.8. The van der Waals surface area contributed by atoms with Gasteiger partial charge in [-0.05, 0) is 25.2 Å². The predicted molar refractivity (Wildman–Crippen MR) is 86.6 cm³/mol. The lowest BCUT2D eigenvalue weighted by atomic mass is 9.92. The number of piperidine rings is 1. The second-order valence-corrected chi connectivity index (χ2v) is 5.45. The SMILES string of the molecule is CCNC(=NCCC(F)(F)F)N1CC(C)CC(C)C1.I. The van der Waals surface area contributed by atoms with Crippen molar-refractivity contribution in [3.63, 3.8) is 0 Å². The number of guanidine groups is 1. The highest BCUT2D eigenvalue weighted by molar-refractivity contribution is 14.0. The molecule has 20 heavy (non-hydrogen) atoms. The Balaban J connectivity index is 0.00000361. The van der Waals surface area contributed by atoms with E-state index in [1.54, 1.807) is 0 Å². The second kappa shape index (κ2) is 8.94. The molecule has 7 heteroatoms. The van der Waals surface area contributed by atoms with E-state index in [9.17, 15) is 13.2 Å². The van der Waals surface area contributed by atoms with Crippen LogP contribution in [-0.4, -0.2) is 43.2 Å². The summed E-state index contributed by atoms with van der Waals surface area (Å²) >= 11 is 0. The lowest BCUT2D eigenvalue weighted by Crippen LogP contribution is -2.48. The Hall–Kier alpha value is -0.210. The molecule has 1 aliphatic heterocycles. The molecule has 0 bridgehead atoms. The molecular formula is C13H25F3IN3. The molecule has 0 saturated carbocycles. The molecule has 0 radical (unpaired) electrons. The molecule has 0 aromatic heterocycles. The summed E-state index contributed by atoms with van der Waals surface area (Å²) in [5.74, 6) is 1.72. The van der Waals surface area contributed by atoms with Gasteiger partial charge in [0.05, 0.1) is 13.0 Å². The zero-order valence-corrected chi connectivity index (χ0v) is 14.7. The van der Waals surface area contributed by atoms with Crippen molar-refractivity contribution in [3.05, 3.63) is 0 Å². The van der Waals surface area contributed by atoms with E-state index < -0.39 is 12.6 Å². The van der Waals surface area contributed by atoms with Crippen LogP contribution in [-0.2, 0) is 0 Å². The van der Waals surface area contributed by atoms with Crippen LogP contribution in [0.3, 0.4) is 0 Å². The zero-order chi connectivity index (χ0) is 14.5. The fourth-order valence-corrected chi connectivity index (χ4v) is 2.55. The maximum Gasteiger partial charge on any atom is 0.390 e. The largest absolute Gasteiger partial charge is 0.390 e. The first-order valence-corrected chi connectivity index (χ1v) is 6.91. The van der Waals surface area contributed by atoms with Crippen molar-refractivity contribution in [1.29, 1.82) is 0 Å². The predicted octanol–water partition coefficient (Wildman–Crippen LogP) is 3.50. The van der Waals surface area contributed by atoms with E-state index in [1.165, 1.54) is 6.42 Å². The highest BCUT2D eigenvalue weighted by Gasteiger charge is 2.27. The summed E-state index contributed by atoms with van der Waals surface area (Å²) in [4.78, 5) is 6.18. The molecule has 0 aromatic carbocycles. The number of aliphatic imine (C=N–C) groups is 1. The van der Waals surface area contributed by atoms with Crippen molar-refractivity contribution in [3.8, 4) is 0 Å². The summed E-state index contributed by atoms with van der Waals surface area (Å²) in [6.07, 6.45) is -3.83. The summed E-state index contributed by atoms with van der Waals surface area (Å²) in [5, 5.41) is 3.09. The highest BCUT2D eigenvalue weighted by Crippen LogP contribution is 2.22. The summed E-state index contributed by atoms with van der Waals surface area (Å²) in [6.45, 7) is 8.46. The molecule has 2 atom stereocenters. The molecule has 1 saturated heterocycles. The number of nitrogens with one attached hydrogen (secondary N) is 1. The molecule has 0 spiro atoms. The topological polar surface area (TPSA) is 27.6 Å². The standard InChI is InChI=1S/C13H24F3N3.HI/c1-4-17-12(18-6-5-13(14,15)16)19-8-10(2)7-11(3)9-19;/h10-11H,4-9H2,1-3H3,(H,17,18);1H. The number of alkyl halides is 3. The first-order chi connectivity index (χ1) is 8.81. The van der Waals surface area contributed by atoms with E-state index in [4.69, 9.17) is 0 Å². The van der Waals surface area contributed by atoms with E-state index in [0.29, 0.717) is 24.3 Å². The van der Waals surface area contributed by atoms with E-state index in [0.717, 1.165) is 13.1 Å². The molecule has 1 rings (SSSR count). The molecule has 120 valence electrons. The third-order valence-electron chi connectivity index (χ3n) is 3.16. The van der Waals surface area contributed by atoms with Crippen LogP contribution in [0.1, 0.15) is 33.6 Å². The number of rotatable bonds is 3. The van der Waals surface area contributed by atoms with Crippen molar-refractivity contribution in [2.24, 2.45) is 16.8 Å². The molecule has 0 aliphatic carbocycles.